The van der Waals surface area contributed by atoms with Crippen molar-refractivity contribution in [2.24, 2.45) is 0 Å². The quantitative estimate of drug-likeness (QED) is 0.519. The highest BCUT2D eigenvalue weighted by Crippen LogP contribution is 2.33. The zero-order chi connectivity index (χ0) is 19.5. The van der Waals surface area contributed by atoms with Crippen LogP contribution in [-0.2, 0) is 0 Å². The number of rotatable bonds is 4. The van der Waals surface area contributed by atoms with E-state index in [1.54, 1.807) is 30.9 Å². The highest BCUT2D eigenvalue weighted by atomic mass is 19.1. The van der Waals surface area contributed by atoms with Crippen molar-refractivity contribution in [1.29, 1.82) is 0 Å². The Hall–Kier alpha value is -3.67. The largest absolute Gasteiger partial charge is 0.467 e. The molecular weight excluding hydrogens is 355 g/mol. The van der Waals surface area contributed by atoms with Gasteiger partial charge in [0, 0.05) is 29.7 Å². The lowest BCUT2D eigenvalue weighted by Crippen LogP contribution is -1.94. The number of hydrogen-bond acceptors (Lipinski definition) is 5. The van der Waals surface area contributed by atoms with Gasteiger partial charge in [-0.1, -0.05) is 30.3 Å². The van der Waals surface area contributed by atoms with Crippen LogP contribution in [0.3, 0.4) is 0 Å². The molecule has 6 heteroatoms. The number of benzene rings is 2. The molecule has 0 atom stereocenters. The van der Waals surface area contributed by atoms with Gasteiger partial charge in [0.1, 0.15) is 5.82 Å². The van der Waals surface area contributed by atoms with Crippen molar-refractivity contribution in [3.05, 3.63) is 78.8 Å². The Morgan fingerprint density at radius 2 is 1.46 bits per heavy atom. The molecule has 138 valence electrons. The minimum atomic E-state index is -0.351. The van der Waals surface area contributed by atoms with Crippen LogP contribution in [0.4, 0.5) is 4.39 Å². The molecule has 0 fully saturated rings. The molecule has 4 rings (SSSR count). The monoisotopic (exact) mass is 372 g/mol. The molecule has 2 aromatic carbocycles. The minimum Gasteiger partial charge on any atom is -0.467 e. The van der Waals surface area contributed by atoms with E-state index in [4.69, 9.17) is 4.74 Å². The van der Waals surface area contributed by atoms with E-state index in [0.29, 0.717) is 17.3 Å². The van der Waals surface area contributed by atoms with E-state index in [9.17, 15) is 4.39 Å². The van der Waals surface area contributed by atoms with Crippen LogP contribution in [0.25, 0.3) is 33.5 Å². The maximum Gasteiger partial charge on any atom is 0.316 e. The first-order valence-electron chi connectivity index (χ1n) is 8.70. The van der Waals surface area contributed by atoms with Gasteiger partial charge in [-0.3, -0.25) is 9.97 Å². The van der Waals surface area contributed by atoms with E-state index in [0.717, 1.165) is 27.9 Å². The molecule has 4 aromatic rings. The number of aryl methyl sites for hydroxylation is 1. The summed E-state index contributed by atoms with van der Waals surface area (Å²) in [5.74, 6) is -0.351. The van der Waals surface area contributed by atoms with E-state index >= 15 is 0 Å². The third-order valence-corrected chi connectivity index (χ3v) is 4.39. The number of aromatic nitrogens is 4. The molecule has 0 aliphatic heterocycles. The van der Waals surface area contributed by atoms with Crippen LogP contribution < -0.4 is 4.74 Å². The van der Waals surface area contributed by atoms with Crippen LogP contribution in [0, 0.1) is 12.7 Å². The molecular formula is C22H17FN4O. The van der Waals surface area contributed by atoms with Crippen LogP contribution >= 0.6 is 0 Å². The van der Waals surface area contributed by atoms with Gasteiger partial charge < -0.3 is 4.74 Å². The van der Waals surface area contributed by atoms with Crippen LogP contribution in [-0.4, -0.2) is 27.0 Å². The van der Waals surface area contributed by atoms with Crippen molar-refractivity contribution in [2.45, 2.75) is 6.92 Å². The second-order valence-electron chi connectivity index (χ2n) is 6.24. The summed E-state index contributed by atoms with van der Waals surface area (Å²) in [4.78, 5) is 16.8. The number of methoxy groups -OCH3 is 1. The first kappa shape index (κ1) is 17.7. The number of hydrogen-bond donors (Lipinski definition) is 0. The molecule has 5 nitrogen and oxygen atoms in total. The van der Waals surface area contributed by atoms with Gasteiger partial charge in [-0.25, -0.2) is 14.4 Å². The maximum absolute atomic E-state index is 14.8. The van der Waals surface area contributed by atoms with Gasteiger partial charge >= 0.3 is 6.01 Å². The van der Waals surface area contributed by atoms with E-state index in [2.05, 4.69) is 19.9 Å². The molecule has 0 aliphatic rings. The maximum atomic E-state index is 14.8. The molecule has 0 radical (unpaired) electrons. The van der Waals surface area contributed by atoms with Crippen molar-refractivity contribution in [3.63, 3.8) is 0 Å². The van der Waals surface area contributed by atoms with E-state index in [1.165, 1.54) is 13.2 Å². The summed E-state index contributed by atoms with van der Waals surface area (Å²) in [6, 6.07) is 13.2. The van der Waals surface area contributed by atoms with Crippen LogP contribution in [0.2, 0.25) is 0 Å². The van der Waals surface area contributed by atoms with Crippen molar-refractivity contribution in [1.82, 2.24) is 19.9 Å². The van der Waals surface area contributed by atoms with Gasteiger partial charge in [0.2, 0.25) is 0 Å². The average Bonchev–Trinajstić information content (AvgIpc) is 2.74. The summed E-state index contributed by atoms with van der Waals surface area (Å²) >= 11 is 0. The number of nitrogens with zero attached hydrogens (tertiary/aromatic N) is 4. The standard InChI is InChI=1S/C22H17FN4O/c1-14-10-25-21(13-24-14)19-8-7-15(9-20(19)23)17-5-3-4-6-18(17)16-11-26-22(28-2)27-12-16/h3-13H,1-2H3. The molecule has 0 spiro atoms. The third-order valence-electron chi connectivity index (χ3n) is 4.39. The molecule has 28 heavy (non-hydrogen) atoms. The first-order chi connectivity index (χ1) is 13.7. The summed E-state index contributed by atoms with van der Waals surface area (Å²) in [5, 5.41) is 0. The lowest BCUT2D eigenvalue weighted by molar-refractivity contribution is 0.380. The second-order valence-corrected chi connectivity index (χ2v) is 6.24. The molecule has 0 bridgehead atoms. The van der Waals surface area contributed by atoms with E-state index < -0.39 is 0 Å². The van der Waals surface area contributed by atoms with Crippen molar-refractivity contribution in [2.75, 3.05) is 7.11 Å². The average molecular weight is 372 g/mol. The van der Waals surface area contributed by atoms with Crippen molar-refractivity contribution >= 4 is 0 Å². The molecule has 0 amide bonds. The number of halogens is 1. The smallest absolute Gasteiger partial charge is 0.316 e. The summed E-state index contributed by atoms with van der Waals surface area (Å²) in [5.41, 5.74) is 5.09. The van der Waals surface area contributed by atoms with Gasteiger partial charge in [0.15, 0.2) is 0 Å². The summed E-state index contributed by atoms with van der Waals surface area (Å²) in [6.45, 7) is 1.84. The SMILES string of the molecule is COc1ncc(-c2ccccc2-c2ccc(-c3cnc(C)cn3)c(F)c2)cn1. The van der Waals surface area contributed by atoms with E-state index in [-0.39, 0.29) is 5.82 Å². The fourth-order valence-electron chi connectivity index (χ4n) is 2.97. The van der Waals surface area contributed by atoms with Crippen LogP contribution in [0.15, 0.2) is 67.3 Å². The number of ether oxygens (including phenoxy) is 1. The topological polar surface area (TPSA) is 60.8 Å². The molecule has 2 aromatic heterocycles. The van der Waals surface area contributed by atoms with E-state index in [1.807, 2.05) is 37.3 Å². The molecule has 0 saturated carbocycles. The van der Waals surface area contributed by atoms with Gasteiger partial charge in [-0.2, -0.15) is 0 Å². The zero-order valence-electron chi connectivity index (χ0n) is 15.4. The van der Waals surface area contributed by atoms with Gasteiger partial charge in [-0.15, -0.1) is 0 Å². The minimum absolute atomic E-state index is 0.302. The Labute approximate surface area is 161 Å². The zero-order valence-corrected chi connectivity index (χ0v) is 15.4. The Bertz CT molecular complexity index is 1110. The van der Waals surface area contributed by atoms with Crippen molar-refractivity contribution < 1.29 is 9.13 Å². The normalized spacial score (nSPS) is 10.7. The van der Waals surface area contributed by atoms with Gasteiger partial charge in [0.05, 0.1) is 24.7 Å². The predicted molar refractivity (Wildman–Crippen MR) is 105 cm³/mol. The summed E-state index contributed by atoms with van der Waals surface area (Å²) in [6.07, 6.45) is 6.59. The van der Waals surface area contributed by atoms with Crippen molar-refractivity contribution in [3.8, 4) is 39.5 Å². The van der Waals surface area contributed by atoms with Gasteiger partial charge in [0.25, 0.3) is 0 Å². The van der Waals surface area contributed by atoms with Crippen LogP contribution in [0.5, 0.6) is 6.01 Å². The molecule has 2 heterocycles. The molecule has 0 aliphatic carbocycles. The predicted octanol–water partition coefficient (Wildman–Crippen LogP) is 4.72. The highest BCUT2D eigenvalue weighted by molar-refractivity contribution is 5.83. The second kappa shape index (κ2) is 7.52. The Balaban J connectivity index is 1.75. The molecule has 0 unspecified atom stereocenters. The van der Waals surface area contributed by atoms with Crippen LogP contribution in [0.1, 0.15) is 5.69 Å². The molecule has 0 N–H and O–H groups in total. The Morgan fingerprint density at radius 1 is 0.750 bits per heavy atom. The Morgan fingerprint density at radius 3 is 2.07 bits per heavy atom. The Kier molecular flexibility index (Phi) is 4.76. The lowest BCUT2D eigenvalue weighted by Gasteiger charge is -2.11. The first-order valence-corrected chi connectivity index (χ1v) is 8.70. The third kappa shape index (κ3) is 3.44. The molecule has 0 saturated heterocycles. The fraction of sp³-hybridized carbons (Fsp3) is 0.0909. The summed E-state index contributed by atoms with van der Waals surface area (Å²) in [7, 11) is 1.52. The lowest BCUT2D eigenvalue weighted by atomic mass is 9.95. The summed E-state index contributed by atoms with van der Waals surface area (Å²) < 4.78 is 19.9. The van der Waals surface area contributed by atoms with Gasteiger partial charge in [-0.05, 0) is 35.7 Å². The fourth-order valence-corrected chi connectivity index (χ4v) is 2.97. The highest BCUT2D eigenvalue weighted by Gasteiger charge is 2.12.